The lowest BCUT2D eigenvalue weighted by Crippen LogP contribution is -2.51. The van der Waals surface area contributed by atoms with Crippen molar-refractivity contribution < 1.29 is 19.5 Å². The topological polar surface area (TPSA) is 109 Å². The largest absolute Gasteiger partial charge is 0.476 e. The number of rotatable bonds is 5. The molecule has 2 heterocycles. The zero-order valence-corrected chi connectivity index (χ0v) is 15.2. The Morgan fingerprint density at radius 2 is 1.59 bits per heavy atom. The van der Waals surface area contributed by atoms with E-state index in [2.05, 4.69) is 10.3 Å². The molecule has 1 saturated heterocycles. The van der Waals surface area contributed by atoms with Crippen molar-refractivity contribution in [2.24, 2.45) is 0 Å². The van der Waals surface area contributed by atoms with Crippen molar-refractivity contribution in [3.63, 3.8) is 0 Å². The fourth-order valence-electron chi connectivity index (χ4n) is 2.81. The van der Waals surface area contributed by atoms with Gasteiger partial charge in [0.05, 0.1) is 12.6 Å². The minimum atomic E-state index is -1.19. The molecule has 27 heavy (non-hydrogen) atoms. The molecule has 2 aromatic rings. The molecule has 1 N–H and O–H groups in total. The zero-order chi connectivity index (χ0) is 19.4. The van der Waals surface area contributed by atoms with Crippen LogP contribution in [0.4, 0.5) is 0 Å². The van der Waals surface area contributed by atoms with Gasteiger partial charge in [-0.1, -0.05) is 28.9 Å². The monoisotopic (exact) mass is 391 g/mol. The molecule has 9 nitrogen and oxygen atoms in total. The molecule has 2 amide bonds. The zero-order valence-electron chi connectivity index (χ0n) is 14.4. The van der Waals surface area contributed by atoms with Crippen LogP contribution in [0.3, 0.4) is 0 Å². The summed E-state index contributed by atoms with van der Waals surface area (Å²) in [5.41, 5.74) is 0.684. The molecule has 1 aromatic heterocycles. The van der Waals surface area contributed by atoms with E-state index < -0.39 is 5.97 Å². The summed E-state index contributed by atoms with van der Waals surface area (Å²) in [5, 5.41) is 16.6. The summed E-state index contributed by atoms with van der Waals surface area (Å²) in [5.74, 6) is -1.38. The highest BCUT2D eigenvalue weighted by atomic mass is 35.5. The van der Waals surface area contributed by atoms with Gasteiger partial charge in [-0.05, 0) is 17.7 Å². The number of amides is 2. The Labute approximate surface area is 160 Å². The number of carboxylic acids is 1. The number of halogens is 1. The number of carbonyl (C=O) groups excluding carboxylic acids is 2. The Balaban J connectivity index is 1.48. The number of carbonyl (C=O) groups is 3. The Morgan fingerprint density at radius 1 is 1.00 bits per heavy atom. The van der Waals surface area contributed by atoms with E-state index in [1.807, 2.05) is 12.1 Å². The molecule has 1 aliphatic rings. The van der Waals surface area contributed by atoms with Gasteiger partial charge in [-0.2, -0.15) is 0 Å². The molecule has 0 aliphatic carbocycles. The van der Waals surface area contributed by atoms with Crippen LogP contribution in [0.2, 0.25) is 5.02 Å². The van der Waals surface area contributed by atoms with Gasteiger partial charge in [-0.15, -0.1) is 5.10 Å². The van der Waals surface area contributed by atoms with Gasteiger partial charge >= 0.3 is 5.97 Å². The smallest absolute Gasteiger partial charge is 0.358 e. The summed E-state index contributed by atoms with van der Waals surface area (Å²) in [6.07, 6.45) is 1.51. The number of aromatic carboxylic acids is 1. The number of benzene rings is 1. The van der Waals surface area contributed by atoms with Gasteiger partial charge in [-0.3, -0.25) is 9.59 Å². The molecule has 0 bridgehead atoms. The van der Waals surface area contributed by atoms with E-state index in [4.69, 9.17) is 16.7 Å². The van der Waals surface area contributed by atoms with Gasteiger partial charge < -0.3 is 14.9 Å². The van der Waals surface area contributed by atoms with Gasteiger partial charge in [0.25, 0.3) is 0 Å². The van der Waals surface area contributed by atoms with Gasteiger partial charge in [0.2, 0.25) is 11.8 Å². The van der Waals surface area contributed by atoms with Crippen molar-refractivity contribution in [1.29, 1.82) is 0 Å². The van der Waals surface area contributed by atoms with Crippen molar-refractivity contribution in [2.45, 2.75) is 13.0 Å². The molecule has 1 fully saturated rings. The second-order valence-corrected chi connectivity index (χ2v) is 6.61. The Bertz CT molecular complexity index is 843. The quantitative estimate of drug-likeness (QED) is 0.797. The molecule has 142 valence electrons. The first-order valence-electron chi connectivity index (χ1n) is 8.36. The van der Waals surface area contributed by atoms with Crippen LogP contribution in [0.5, 0.6) is 0 Å². The van der Waals surface area contributed by atoms with Crippen LogP contribution in [0.15, 0.2) is 30.5 Å². The van der Waals surface area contributed by atoms with Crippen LogP contribution >= 0.6 is 11.6 Å². The van der Waals surface area contributed by atoms with E-state index in [0.717, 1.165) is 5.56 Å². The Kier molecular flexibility index (Phi) is 5.70. The minimum absolute atomic E-state index is 0.00629. The van der Waals surface area contributed by atoms with Gasteiger partial charge in [-0.25, -0.2) is 9.48 Å². The first kappa shape index (κ1) is 18.8. The van der Waals surface area contributed by atoms with Crippen LogP contribution in [0, 0.1) is 0 Å². The molecule has 3 rings (SSSR count). The molecule has 0 spiro atoms. The fourth-order valence-corrected chi connectivity index (χ4v) is 2.93. The Morgan fingerprint density at radius 3 is 2.15 bits per heavy atom. The lowest BCUT2D eigenvalue weighted by atomic mass is 10.1. The van der Waals surface area contributed by atoms with Crippen LogP contribution in [-0.4, -0.2) is 73.9 Å². The molecule has 0 unspecified atom stereocenters. The van der Waals surface area contributed by atoms with E-state index in [-0.39, 0.29) is 24.1 Å². The molecule has 10 heteroatoms. The van der Waals surface area contributed by atoms with E-state index in [0.29, 0.717) is 37.6 Å². The molecular formula is C17H18ClN5O4. The number of carboxylic acid groups (broad SMARTS) is 1. The van der Waals surface area contributed by atoms with Gasteiger partial charge in [0.15, 0.2) is 5.69 Å². The highest BCUT2D eigenvalue weighted by Gasteiger charge is 2.24. The van der Waals surface area contributed by atoms with Gasteiger partial charge in [0, 0.05) is 31.2 Å². The summed E-state index contributed by atoms with van der Waals surface area (Å²) >= 11 is 5.85. The van der Waals surface area contributed by atoms with Gasteiger partial charge in [0.1, 0.15) is 6.54 Å². The molecule has 0 saturated carbocycles. The number of hydrogen-bond acceptors (Lipinski definition) is 5. The van der Waals surface area contributed by atoms with Crippen molar-refractivity contribution in [2.75, 3.05) is 26.2 Å². The van der Waals surface area contributed by atoms with Crippen LogP contribution in [-0.2, 0) is 22.6 Å². The SMILES string of the molecule is O=C(O)c1cn(CC(=O)N2CCN(C(=O)Cc3ccc(Cl)cc3)CC2)nn1. The third-order valence-electron chi connectivity index (χ3n) is 4.31. The second-order valence-electron chi connectivity index (χ2n) is 6.17. The van der Waals surface area contributed by atoms with Crippen molar-refractivity contribution in [1.82, 2.24) is 24.8 Å². The summed E-state index contributed by atoms with van der Waals surface area (Å²) in [6.45, 7) is 1.67. The molecule has 0 atom stereocenters. The molecule has 1 aliphatic heterocycles. The highest BCUT2D eigenvalue weighted by Crippen LogP contribution is 2.12. The average molecular weight is 392 g/mol. The third kappa shape index (κ3) is 4.82. The predicted octanol–water partition coefficient (Wildman–Crippen LogP) is 0.543. The van der Waals surface area contributed by atoms with E-state index in [9.17, 15) is 14.4 Å². The maximum Gasteiger partial charge on any atom is 0.358 e. The number of piperazine rings is 1. The fraction of sp³-hybridized carbons (Fsp3) is 0.353. The minimum Gasteiger partial charge on any atom is -0.476 e. The average Bonchev–Trinajstić information content (AvgIpc) is 3.12. The lowest BCUT2D eigenvalue weighted by molar-refractivity contribution is -0.139. The first-order valence-corrected chi connectivity index (χ1v) is 8.73. The lowest BCUT2D eigenvalue weighted by Gasteiger charge is -2.34. The predicted molar refractivity (Wildman–Crippen MR) is 95.3 cm³/mol. The second kappa shape index (κ2) is 8.17. The normalized spacial score (nSPS) is 14.3. The van der Waals surface area contributed by atoms with Crippen LogP contribution in [0.25, 0.3) is 0 Å². The number of hydrogen-bond donors (Lipinski definition) is 1. The summed E-state index contributed by atoms with van der Waals surface area (Å²) in [6, 6.07) is 7.15. The van der Waals surface area contributed by atoms with Crippen LogP contribution in [0.1, 0.15) is 16.1 Å². The maximum absolute atomic E-state index is 12.4. The standard InChI is InChI=1S/C17H18ClN5O4/c18-13-3-1-12(2-4-13)9-15(24)21-5-7-22(8-6-21)16(25)11-23-10-14(17(26)27)19-20-23/h1-4,10H,5-9,11H2,(H,26,27). The van der Waals surface area contributed by atoms with Crippen molar-refractivity contribution >= 4 is 29.4 Å². The van der Waals surface area contributed by atoms with E-state index in [1.54, 1.807) is 21.9 Å². The summed E-state index contributed by atoms with van der Waals surface area (Å²) < 4.78 is 1.20. The first-order chi connectivity index (χ1) is 12.9. The highest BCUT2D eigenvalue weighted by molar-refractivity contribution is 6.30. The summed E-state index contributed by atoms with van der Waals surface area (Å²) in [4.78, 5) is 38.9. The van der Waals surface area contributed by atoms with E-state index in [1.165, 1.54) is 10.9 Å². The summed E-state index contributed by atoms with van der Waals surface area (Å²) in [7, 11) is 0. The molecule has 1 aromatic carbocycles. The molecular weight excluding hydrogens is 374 g/mol. The molecule has 0 radical (unpaired) electrons. The Hall–Kier alpha value is -2.94. The number of nitrogens with zero attached hydrogens (tertiary/aromatic N) is 5. The third-order valence-corrected chi connectivity index (χ3v) is 4.56. The maximum atomic E-state index is 12.4. The van der Waals surface area contributed by atoms with E-state index >= 15 is 0 Å². The van der Waals surface area contributed by atoms with Crippen LogP contribution < -0.4 is 0 Å². The number of aromatic nitrogens is 3. The van der Waals surface area contributed by atoms with Crippen molar-refractivity contribution in [3.8, 4) is 0 Å². The van der Waals surface area contributed by atoms with Crippen molar-refractivity contribution in [3.05, 3.63) is 46.7 Å².